The summed E-state index contributed by atoms with van der Waals surface area (Å²) in [6.45, 7) is 2.16. The predicted octanol–water partition coefficient (Wildman–Crippen LogP) is 3.16. The summed E-state index contributed by atoms with van der Waals surface area (Å²) in [5, 5.41) is 0. The molecule has 1 aliphatic rings. The van der Waals surface area contributed by atoms with Gasteiger partial charge in [-0.2, -0.15) is 0 Å². The van der Waals surface area contributed by atoms with E-state index in [1.165, 1.54) is 19.8 Å². The molecule has 4 heteroatoms. The number of halogens is 1. The van der Waals surface area contributed by atoms with Crippen LogP contribution in [0.15, 0.2) is 22.7 Å². The largest absolute Gasteiger partial charge is 0.493 e. The molecule has 0 atom stereocenters. The number of rotatable bonds is 4. The molecule has 0 unspecified atom stereocenters. The molecule has 0 N–H and O–H groups in total. The zero-order valence-corrected chi connectivity index (χ0v) is 10.6. The predicted molar refractivity (Wildman–Crippen MR) is 63.7 cm³/mol. The van der Waals surface area contributed by atoms with E-state index in [-0.39, 0.29) is 5.97 Å². The van der Waals surface area contributed by atoms with Crippen molar-refractivity contribution in [2.24, 2.45) is 5.92 Å². The highest BCUT2D eigenvalue weighted by atomic mass is 79.9. The first kappa shape index (κ1) is 11.5. The Morgan fingerprint density at radius 1 is 1.50 bits per heavy atom. The van der Waals surface area contributed by atoms with E-state index in [9.17, 15) is 4.79 Å². The maximum absolute atomic E-state index is 10.8. The number of hydrogen-bond donors (Lipinski definition) is 0. The number of hydrogen-bond acceptors (Lipinski definition) is 3. The normalized spacial score (nSPS) is 14.6. The van der Waals surface area contributed by atoms with Crippen LogP contribution >= 0.6 is 15.9 Å². The highest BCUT2D eigenvalue weighted by Gasteiger charge is 2.22. The Balaban J connectivity index is 1.99. The highest BCUT2D eigenvalue weighted by molar-refractivity contribution is 9.10. The van der Waals surface area contributed by atoms with Gasteiger partial charge >= 0.3 is 5.97 Å². The first-order chi connectivity index (χ1) is 7.65. The fourth-order valence-corrected chi connectivity index (χ4v) is 1.75. The monoisotopic (exact) mass is 284 g/mol. The lowest BCUT2D eigenvalue weighted by atomic mass is 10.3. The van der Waals surface area contributed by atoms with Gasteiger partial charge in [-0.15, -0.1) is 0 Å². The van der Waals surface area contributed by atoms with Crippen molar-refractivity contribution < 1.29 is 14.3 Å². The van der Waals surface area contributed by atoms with Gasteiger partial charge in [0.2, 0.25) is 0 Å². The molecular formula is C12H13BrO3. The van der Waals surface area contributed by atoms with Gasteiger partial charge in [0.05, 0.1) is 11.1 Å². The lowest BCUT2D eigenvalue weighted by Gasteiger charge is -2.08. The van der Waals surface area contributed by atoms with Crippen molar-refractivity contribution in [3.8, 4) is 11.5 Å². The minimum atomic E-state index is -0.327. The van der Waals surface area contributed by atoms with Gasteiger partial charge in [-0.25, -0.2) is 0 Å². The second kappa shape index (κ2) is 4.87. The summed E-state index contributed by atoms with van der Waals surface area (Å²) < 4.78 is 11.3. The maximum Gasteiger partial charge on any atom is 0.308 e. The number of carbonyl (C=O) groups is 1. The van der Waals surface area contributed by atoms with E-state index in [2.05, 4.69) is 15.9 Å². The zero-order chi connectivity index (χ0) is 11.5. The second-order valence-corrected chi connectivity index (χ2v) is 4.79. The van der Waals surface area contributed by atoms with Crippen LogP contribution in [0.4, 0.5) is 0 Å². The van der Waals surface area contributed by atoms with Crippen LogP contribution in [0.1, 0.15) is 19.8 Å². The van der Waals surface area contributed by atoms with Gasteiger partial charge in [0.1, 0.15) is 11.5 Å². The summed E-state index contributed by atoms with van der Waals surface area (Å²) in [6.07, 6.45) is 2.54. The molecule has 0 aliphatic heterocycles. The van der Waals surface area contributed by atoms with Gasteiger partial charge in [-0.3, -0.25) is 4.79 Å². The van der Waals surface area contributed by atoms with Crippen LogP contribution < -0.4 is 9.47 Å². The molecule has 0 heterocycles. The Hall–Kier alpha value is -1.03. The number of carbonyl (C=O) groups excluding carboxylic acids is 1. The lowest BCUT2D eigenvalue weighted by Crippen LogP contribution is -2.03. The van der Waals surface area contributed by atoms with Crippen LogP contribution in [0.5, 0.6) is 11.5 Å². The third-order valence-corrected chi connectivity index (χ3v) is 2.96. The third-order valence-electron chi connectivity index (χ3n) is 2.34. The average Bonchev–Trinajstić information content (AvgIpc) is 3.02. The topological polar surface area (TPSA) is 35.5 Å². The molecule has 86 valence electrons. The molecular weight excluding hydrogens is 272 g/mol. The van der Waals surface area contributed by atoms with Crippen molar-refractivity contribution in [3.63, 3.8) is 0 Å². The van der Waals surface area contributed by atoms with Gasteiger partial charge in [0.25, 0.3) is 0 Å². The fourth-order valence-electron chi connectivity index (χ4n) is 1.31. The lowest BCUT2D eigenvalue weighted by molar-refractivity contribution is -0.131. The van der Waals surface area contributed by atoms with Crippen LogP contribution in [-0.4, -0.2) is 12.6 Å². The Morgan fingerprint density at radius 2 is 2.25 bits per heavy atom. The number of ether oxygens (including phenoxy) is 2. The molecule has 0 aromatic heterocycles. The minimum absolute atomic E-state index is 0.327. The Bertz CT molecular complexity index is 399. The molecule has 1 saturated carbocycles. The van der Waals surface area contributed by atoms with Gasteiger partial charge in [0, 0.05) is 6.92 Å². The Labute approximate surface area is 103 Å². The molecule has 0 spiro atoms. The summed E-state index contributed by atoms with van der Waals surface area (Å²) in [5.41, 5.74) is 0. The average molecular weight is 285 g/mol. The molecule has 1 aromatic carbocycles. The van der Waals surface area contributed by atoms with Crippen molar-refractivity contribution in [3.05, 3.63) is 22.7 Å². The van der Waals surface area contributed by atoms with E-state index >= 15 is 0 Å². The van der Waals surface area contributed by atoms with Crippen LogP contribution in [0.25, 0.3) is 0 Å². The third kappa shape index (κ3) is 3.23. The minimum Gasteiger partial charge on any atom is -0.493 e. The Kier molecular flexibility index (Phi) is 3.49. The van der Waals surface area contributed by atoms with Crippen LogP contribution in [-0.2, 0) is 4.79 Å². The summed E-state index contributed by atoms with van der Waals surface area (Å²) >= 11 is 3.34. The molecule has 0 amide bonds. The summed E-state index contributed by atoms with van der Waals surface area (Å²) in [5.74, 6) is 1.72. The van der Waals surface area contributed by atoms with Crippen LogP contribution in [0.2, 0.25) is 0 Å². The maximum atomic E-state index is 10.8. The van der Waals surface area contributed by atoms with Crippen LogP contribution in [0, 0.1) is 5.92 Å². The van der Waals surface area contributed by atoms with E-state index < -0.39 is 0 Å². The van der Waals surface area contributed by atoms with E-state index in [0.29, 0.717) is 5.75 Å². The van der Waals surface area contributed by atoms with E-state index in [0.717, 1.165) is 22.7 Å². The van der Waals surface area contributed by atoms with Crippen molar-refractivity contribution in [2.45, 2.75) is 19.8 Å². The van der Waals surface area contributed by atoms with Gasteiger partial charge in [0.15, 0.2) is 0 Å². The molecule has 0 radical (unpaired) electrons. The first-order valence-electron chi connectivity index (χ1n) is 5.26. The van der Waals surface area contributed by atoms with Crippen molar-refractivity contribution in [1.82, 2.24) is 0 Å². The number of benzene rings is 1. The highest BCUT2D eigenvalue weighted by Crippen LogP contribution is 2.32. The molecule has 3 nitrogen and oxygen atoms in total. The standard InChI is InChI=1S/C12H13BrO3/c1-8(14)16-12-5-4-10(6-11(12)13)15-7-9-2-3-9/h4-6,9H,2-3,7H2,1H3. The zero-order valence-electron chi connectivity index (χ0n) is 9.03. The van der Waals surface area contributed by atoms with Gasteiger partial charge in [-0.05, 0) is 52.9 Å². The summed E-state index contributed by atoms with van der Waals surface area (Å²) in [4.78, 5) is 10.8. The fraction of sp³-hybridized carbons (Fsp3) is 0.417. The van der Waals surface area contributed by atoms with E-state index in [4.69, 9.17) is 9.47 Å². The molecule has 0 saturated heterocycles. The van der Waals surface area contributed by atoms with Crippen molar-refractivity contribution >= 4 is 21.9 Å². The molecule has 1 aliphatic carbocycles. The first-order valence-corrected chi connectivity index (χ1v) is 6.05. The van der Waals surface area contributed by atoms with Crippen molar-refractivity contribution in [2.75, 3.05) is 6.61 Å². The molecule has 16 heavy (non-hydrogen) atoms. The van der Waals surface area contributed by atoms with Crippen molar-refractivity contribution in [1.29, 1.82) is 0 Å². The smallest absolute Gasteiger partial charge is 0.308 e. The van der Waals surface area contributed by atoms with Gasteiger partial charge in [-0.1, -0.05) is 0 Å². The molecule has 2 rings (SSSR count). The van der Waals surface area contributed by atoms with E-state index in [1.54, 1.807) is 6.07 Å². The number of esters is 1. The Morgan fingerprint density at radius 3 is 2.81 bits per heavy atom. The quantitative estimate of drug-likeness (QED) is 0.629. The second-order valence-electron chi connectivity index (χ2n) is 3.94. The van der Waals surface area contributed by atoms with Crippen LogP contribution in [0.3, 0.4) is 0 Å². The molecule has 0 bridgehead atoms. The van der Waals surface area contributed by atoms with E-state index in [1.807, 2.05) is 12.1 Å². The molecule has 1 aromatic rings. The SMILES string of the molecule is CC(=O)Oc1ccc(OCC2CC2)cc1Br. The molecule has 1 fully saturated rings. The summed E-state index contributed by atoms with van der Waals surface area (Å²) in [7, 11) is 0. The van der Waals surface area contributed by atoms with Gasteiger partial charge < -0.3 is 9.47 Å². The summed E-state index contributed by atoms with van der Waals surface area (Å²) in [6, 6.07) is 5.36.